The number of nitrogens with one attached hydrogen (secondary N) is 2. The highest BCUT2D eigenvalue weighted by Gasteiger charge is 2.52. The van der Waals surface area contributed by atoms with Crippen LogP contribution in [0.25, 0.3) is 0 Å². The number of nitrogens with zero attached hydrogens (tertiary/aromatic N) is 1. The molecule has 24 heavy (non-hydrogen) atoms. The molecule has 0 amide bonds. The smallest absolute Gasteiger partial charge is 0.205 e. The largest absolute Gasteiger partial charge is 0.374 e. The van der Waals surface area contributed by atoms with Gasteiger partial charge in [-0.1, -0.05) is 45.2 Å². The summed E-state index contributed by atoms with van der Waals surface area (Å²) in [4.78, 5) is 4.84. The second-order valence-electron chi connectivity index (χ2n) is 9.13. The van der Waals surface area contributed by atoms with Gasteiger partial charge < -0.3 is 4.84 Å². The van der Waals surface area contributed by atoms with E-state index >= 15 is 0 Å². The molecule has 0 bridgehead atoms. The molecule has 1 aliphatic carbocycles. The molecule has 138 valence electrons. The Balaban J connectivity index is 1.63. The van der Waals surface area contributed by atoms with Crippen molar-refractivity contribution in [3.63, 3.8) is 0 Å². The van der Waals surface area contributed by atoms with Crippen molar-refractivity contribution in [3.05, 3.63) is 0 Å². The van der Waals surface area contributed by atoms with Gasteiger partial charge in [0.05, 0.1) is 5.71 Å². The summed E-state index contributed by atoms with van der Waals surface area (Å²) >= 11 is 8.81. The molecular weight excluding hydrogens is 342 g/mol. The van der Waals surface area contributed by atoms with Crippen LogP contribution in [0.4, 0.5) is 0 Å². The molecule has 2 aliphatic heterocycles. The zero-order valence-corrected chi connectivity index (χ0v) is 17.2. The minimum absolute atomic E-state index is 0.104. The van der Waals surface area contributed by atoms with E-state index < -0.39 is 4.87 Å². The Labute approximate surface area is 155 Å². The van der Waals surface area contributed by atoms with Gasteiger partial charge in [-0.15, -0.1) is 23.4 Å². The number of hydrogen-bond acceptors (Lipinski definition) is 5. The monoisotopic (exact) mass is 373 g/mol. The molecule has 2 fully saturated rings. The highest BCUT2D eigenvalue weighted by atomic mass is 35.5. The van der Waals surface area contributed by atoms with Gasteiger partial charge in [0.15, 0.2) is 0 Å². The van der Waals surface area contributed by atoms with Crippen LogP contribution in [0.5, 0.6) is 0 Å². The number of alkyl halides is 1. The number of hydrogen-bond donors (Lipinski definition) is 2. The van der Waals surface area contributed by atoms with E-state index in [9.17, 15) is 0 Å². The number of rotatable bonds is 2. The second kappa shape index (κ2) is 6.33. The first-order chi connectivity index (χ1) is 11.1. The van der Waals surface area contributed by atoms with Crippen LogP contribution >= 0.6 is 23.4 Å². The number of thioether (sulfide) groups is 1. The van der Waals surface area contributed by atoms with Gasteiger partial charge in [-0.2, -0.15) is 0 Å². The summed E-state index contributed by atoms with van der Waals surface area (Å²) < 4.78 is 0. The van der Waals surface area contributed by atoms with Crippen molar-refractivity contribution in [1.29, 1.82) is 0 Å². The van der Waals surface area contributed by atoms with Crippen molar-refractivity contribution in [3.8, 4) is 0 Å². The van der Waals surface area contributed by atoms with Crippen LogP contribution in [0.3, 0.4) is 0 Å². The summed E-state index contributed by atoms with van der Waals surface area (Å²) in [7, 11) is 0. The molecule has 0 aromatic heterocycles. The summed E-state index contributed by atoms with van der Waals surface area (Å²) in [6, 6.07) is 0. The third kappa shape index (κ3) is 3.60. The van der Waals surface area contributed by atoms with Gasteiger partial charge in [-0.25, -0.2) is 0 Å². The molecule has 1 saturated heterocycles. The molecule has 4 nitrogen and oxygen atoms in total. The molecule has 2 N–H and O–H groups in total. The first-order valence-corrected chi connectivity index (χ1v) is 10.5. The lowest BCUT2D eigenvalue weighted by Crippen LogP contribution is -2.65. The maximum Gasteiger partial charge on any atom is 0.205 e. The van der Waals surface area contributed by atoms with Crippen LogP contribution in [-0.2, 0) is 4.84 Å². The molecule has 3 rings (SSSR count). The van der Waals surface area contributed by atoms with Gasteiger partial charge in [0.1, 0.15) is 9.87 Å². The molecular formula is C18H32ClN3OS. The average molecular weight is 374 g/mol. The van der Waals surface area contributed by atoms with Crippen LogP contribution in [0.1, 0.15) is 66.7 Å². The minimum atomic E-state index is -0.635. The van der Waals surface area contributed by atoms with Crippen LogP contribution in [0.2, 0.25) is 0 Å². The van der Waals surface area contributed by atoms with Gasteiger partial charge in [-0.3, -0.25) is 10.6 Å². The van der Waals surface area contributed by atoms with E-state index in [4.69, 9.17) is 16.4 Å². The van der Waals surface area contributed by atoms with E-state index in [1.54, 1.807) is 0 Å². The highest BCUT2D eigenvalue weighted by Crippen LogP contribution is 2.45. The molecule has 3 aliphatic rings. The lowest BCUT2D eigenvalue weighted by molar-refractivity contribution is 0.0265. The third-order valence-electron chi connectivity index (χ3n) is 5.70. The van der Waals surface area contributed by atoms with E-state index in [-0.39, 0.29) is 16.6 Å². The fraction of sp³-hybridized carbons (Fsp3) is 0.944. The summed E-state index contributed by atoms with van der Waals surface area (Å²) in [6.45, 7) is 11.6. The SMILES string of the molecule is CC1(NC2ON=C(C(C)(C)C)C2(C)Cl)NCC2(CCCCC2)CS1. The zero-order chi connectivity index (χ0) is 17.6. The van der Waals surface area contributed by atoms with Gasteiger partial charge in [0.2, 0.25) is 6.23 Å². The van der Waals surface area contributed by atoms with Gasteiger partial charge in [0, 0.05) is 17.7 Å². The molecule has 1 spiro atoms. The van der Waals surface area contributed by atoms with Crippen LogP contribution in [0.15, 0.2) is 5.16 Å². The van der Waals surface area contributed by atoms with E-state index in [0.717, 1.165) is 12.3 Å². The van der Waals surface area contributed by atoms with Crippen molar-refractivity contribution in [2.75, 3.05) is 12.3 Å². The molecule has 3 atom stereocenters. The lowest BCUT2D eigenvalue weighted by Gasteiger charge is -2.48. The molecule has 0 aromatic rings. The Morgan fingerprint density at radius 2 is 1.92 bits per heavy atom. The normalized spacial score (nSPS) is 39.6. The predicted molar refractivity (Wildman–Crippen MR) is 104 cm³/mol. The number of halogens is 1. The summed E-state index contributed by atoms with van der Waals surface area (Å²) in [5, 5.41) is 11.6. The molecule has 0 aromatic carbocycles. The van der Waals surface area contributed by atoms with Crippen molar-refractivity contribution in [1.82, 2.24) is 10.6 Å². The molecule has 0 radical (unpaired) electrons. The lowest BCUT2D eigenvalue weighted by atomic mass is 9.75. The first kappa shape index (κ1) is 18.8. The van der Waals surface area contributed by atoms with Gasteiger partial charge in [-0.05, 0) is 32.1 Å². The molecule has 2 heterocycles. The second-order valence-corrected chi connectivity index (χ2v) is 11.3. The average Bonchev–Trinajstić information content (AvgIpc) is 2.79. The molecule has 3 unspecified atom stereocenters. The van der Waals surface area contributed by atoms with Gasteiger partial charge in [0.25, 0.3) is 0 Å². The Bertz CT molecular complexity index is 499. The van der Waals surface area contributed by atoms with Crippen molar-refractivity contribution < 1.29 is 4.84 Å². The van der Waals surface area contributed by atoms with Crippen LogP contribution in [0, 0.1) is 10.8 Å². The summed E-state index contributed by atoms with van der Waals surface area (Å²) in [5.41, 5.74) is 1.28. The number of oxime groups is 1. The standard InChI is InChI=1S/C18H32ClN3OS/c1-15(2,3)13-16(4,19)14(23-22-13)21-17(5)20-11-18(12-24-17)9-7-6-8-10-18/h14,20-21H,6-12H2,1-5H3. The zero-order valence-electron chi connectivity index (χ0n) is 15.7. The molecule has 6 heteroatoms. The Kier molecular flexibility index (Phi) is 4.96. The summed E-state index contributed by atoms with van der Waals surface area (Å²) in [6.07, 6.45) is 6.54. The highest BCUT2D eigenvalue weighted by molar-refractivity contribution is 8.00. The topological polar surface area (TPSA) is 45.6 Å². The van der Waals surface area contributed by atoms with E-state index in [1.165, 1.54) is 37.9 Å². The quantitative estimate of drug-likeness (QED) is 0.708. The van der Waals surface area contributed by atoms with Crippen molar-refractivity contribution in [2.45, 2.75) is 82.8 Å². The summed E-state index contributed by atoms with van der Waals surface area (Å²) in [5.74, 6) is 1.20. The van der Waals surface area contributed by atoms with E-state index in [0.29, 0.717) is 5.41 Å². The maximum absolute atomic E-state index is 6.85. The third-order valence-corrected chi connectivity index (χ3v) is 7.68. The fourth-order valence-electron chi connectivity index (χ4n) is 4.17. The maximum atomic E-state index is 6.85. The first-order valence-electron chi connectivity index (χ1n) is 9.17. The van der Waals surface area contributed by atoms with Crippen LogP contribution < -0.4 is 10.6 Å². The van der Waals surface area contributed by atoms with Crippen molar-refractivity contribution in [2.24, 2.45) is 16.0 Å². The predicted octanol–water partition coefficient (Wildman–Crippen LogP) is 4.29. The fourth-order valence-corrected chi connectivity index (χ4v) is 5.93. The van der Waals surface area contributed by atoms with E-state index in [2.05, 4.69) is 43.5 Å². The van der Waals surface area contributed by atoms with Crippen LogP contribution in [-0.4, -0.2) is 34.1 Å². The minimum Gasteiger partial charge on any atom is -0.374 e. The van der Waals surface area contributed by atoms with Gasteiger partial charge >= 0.3 is 0 Å². The Morgan fingerprint density at radius 3 is 2.42 bits per heavy atom. The Hall–Kier alpha value is 0.0300. The Morgan fingerprint density at radius 1 is 1.25 bits per heavy atom. The van der Waals surface area contributed by atoms with Crippen molar-refractivity contribution >= 4 is 29.1 Å². The molecule has 1 saturated carbocycles. The van der Waals surface area contributed by atoms with E-state index in [1.807, 2.05) is 18.7 Å².